The highest BCUT2D eigenvalue weighted by molar-refractivity contribution is 5.78. The van der Waals surface area contributed by atoms with Crippen LogP contribution in [-0.2, 0) is 9.47 Å². The zero-order valence-electron chi connectivity index (χ0n) is 12.7. The Bertz CT molecular complexity index is 376. The van der Waals surface area contributed by atoms with Gasteiger partial charge in [0, 0.05) is 44.2 Å². The van der Waals surface area contributed by atoms with Crippen molar-refractivity contribution in [3.8, 4) is 0 Å². The van der Waals surface area contributed by atoms with Gasteiger partial charge < -0.3 is 25.2 Å². The molecule has 0 aromatic carbocycles. The molecule has 3 rings (SSSR count). The molecule has 21 heavy (non-hydrogen) atoms. The summed E-state index contributed by atoms with van der Waals surface area (Å²) in [5, 5.41) is 10.7. The van der Waals surface area contributed by atoms with Crippen LogP contribution in [0.25, 0.3) is 0 Å². The van der Waals surface area contributed by atoms with Gasteiger partial charge in [0.2, 0.25) is 0 Å². The third kappa shape index (κ3) is 3.17. The molecular weight excluding hydrogens is 270 g/mol. The van der Waals surface area contributed by atoms with Gasteiger partial charge in [-0.2, -0.15) is 0 Å². The molecule has 1 aliphatic carbocycles. The van der Waals surface area contributed by atoms with Crippen molar-refractivity contribution in [1.29, 1.82) is 0 Å². The maximum atomic E-state index is 10.7. The standard InChI is InChI=1S/C15H27N3O3/c16-14(18-5-9-21-10-6-18)17-11-12-1-2-15(13(12)19)3-7-20-8-4-15/h12-13,19H,1-11H2,(H2,16,17). The summed E-state index contributed by atoms with van der Waals surface area (Å²) in [6.45, 7) is 5.24. The number of aliphatic imine (C=N–C) groups is 1. The number of aliphatic hydroxyl groups is 1. The second-order valence-electron chi connectivity index (χ2n) is 6.52. The first-order chi connectivity index (χ1) is 10.2. The molecule has 2 heterocycles. The molecule has 2 atom stereocenters. The van der Waals surface area contributed by atoms with E-state index in [1.165, 1.54) is 0 Å². The van der Waals surface area contributed by atoms with E-state index in [9.17, 15) is 5.11 Å². The van der Waals surface area contributed by atoms with Crippen molar-refractivity contribution >= 4 is 5.96 Å². The Labute approximate surface area is 126 Å². The summed E-state index contributed by atoms with van der Waals surface area (Å²) < 4.78 is 10.8. The molecule has 3 aliphatic rings. The highest BCUT2D eigenvalue weighted by atomic mass is 16.5. The largest absolute Gasteiger partial charge is 0.392 e. The maximum absolute atomic E-state index is 10.7. The van der Waals surface area contributed by atoms with Gasteiger partial charge in [0.1, 0.15) is 0 Å². The fraction of sp³-hybridized carbons (Fsp3) is 0.933. The highest BCUT2D eigenvalue weighted by Crippen LogP contribution is 2.48. The molecule has 0 aromatic heterocycles. The van der Waals surface area contributed by atoms with Crippen LogP contribution < -0.4 is 5.73 Å². The van der Waals surface area contributed by atoms with Gasteiger partial charge in [-0.1, -0.05) is 0 Å². The Morgan fingerprint density at radius 1 is 1.14 bits per heavy atom. The van der Waals surface area contributed by atoms with Crippen LogP contribution in [0, 0.1) is 11.3 Å². The third-order valence-corrected chi connectivity index (χ3v) is 5.40. The SMILES string of the molecule is NC(=NCC1CCC2(CCOCC2)C1O)N1CCOCC1. The van der Waals surface area contributed by atoms with Gasteiger partial charge >= 0.3 is 0 Å². The van der Waals surface area contributed by atoms with E-state index in [0.717, 1.165) is 52.0 Å². The minimum Gasteiger partial charge on any atom is -0.392 e. The lowest BCUT2D eigenvalue weighted by molar-refractivity contribution is -0.0549. The second-order valence-corrected chi connectivity index (χ2v) is 6.52. The topological polar surface area (TPSA) is 80.3 Å². The average molecular weight is 297 g/mol. The molecule has 0 radical (unpaired) electrons. The van der Waals surface area contributed by atoms with Crippen LogP contribution in [-0.4, -0.2) is 68.1 Å². The van der Waals surface area contributed by atoms with E-state index < -0.39 is 0 Å². The first kappa shape index (κ1) is 15.1. The number of rotatable bonds is 2. The Kier molecular flexibility index (Phi) is 4.66. The summed E-state index contributed by atoms with van der Waals surface area (Å²) in [5.74, 6) is 0.834. The van der Waals surface area contributed by atoms with Crippen molar-refractivity contribution in [1.82, 2.24) is 4.90 Å². The quantitative estimate of drug-likeness (QED) is 0.562. The van der Waals surface area contributed by atoms with Crippen molar-refractivity contribution in [2.24, 2.45) is 22.1 Å². The van der Waals surface area contributed by atoms with Crippen LogP contribution >= 0.6 is 0 Å². The van der Waals surface area contributed by atoms with Gasteiger partial charge in [0.05, 0.1) is 19.3 Å². The molecule has 1 spiro atoms. The molecular formula is C15H27N3O3. The van der Waals surface area contributed by atoms with Crippen LogP contribution in [0.2, 0.25) is 0 Å². The Morgan fingerprint density at radius 3 is 2.52 bits per heavy atom. The molecule has 2 unspecified atom stereocenters. The van der Waals surface area contributed by atoms with Crippen molar-refractivity contribution < 1.29 is 14.6 Å². The van der Waals surface area contributed by atoms with E-state index in [-0.39, 0.29) is 17.4 Å². The van der Waals surface area contributed by atoms with E-state index in [1.807, 2.05) is 0 Å². The lowest BCUT2D eigenvalue weighted by Gasteiger charge is -2.37. The fourth-order valence-electron chi connectivity index (χ4n) is 3.90. The predicted molar refractivity (Wildman–Crippen MR) is 80.1 cm³/mol. The Morgan fingerprint density at radius 2 is 1.81 bits per heavy atom. The van der Waals surface area contributed by atoms with Gasteiger partial charge in [0.15, 0.2) is 5.96 Å². The first-order valence-corrected chi connectivity index (χ1v) is 8.10. The third-order valence-electron chi connectivity index (χ3n) is 5.40. The van der Waals surface area contributed by atoms with Crippen LogP contribution in [0.4, 0.5) is 0 Å². The zero-order valence-corrected chi connectivity index (χ0v) is 12.7. The zero-order chi connectivity index (χ0) is 14.7. The number of morpholine rings is 1. The molecule has 6 nitrogen and oxygen atoms in total. The van der Waals surface area contributed by atoms with Gasteiger partial charge in [0.25, 0.3) is 0 Å². The molecule has 3 fully saturated rings. The van der Waals surface area contributed by atoms with E-state index in [0.29, 0.717) is 25.7 Å². The first-order valence-electron chi connectivity index (χ1n) is 8.10. The maximum Gasteiger partial charge on any atom is 0.191 e. The van der Waals surface area contributed by atoms with E-state index in [2.05, 4.69) is 9.89 Å². The average Bonchev–Trinajstić information content (AvgIpc) is 2.83. The van der Waals surface area contributed by atoms with Gasteiger partial charge in [-0.3, -0.25) is 4.99 Å². The molecule has 120 valence electrons. The molecule has 2 aliphatic heterocycles. The number of aliphatic hydroxyl groups excluding tert-OH is 1. The summed E-state index contributed by atoms with van der Waals surface area (Å²) in [7, 11) is 0. The number of hydrogen-bond acceptors (Lipinski definition) is 4. The number of hydrogen-bond donors (Lipinski definition) is 2. The van der Waals surface area contributed by atoms with Crippen LogP contribution in [0.3, 0.4) is 0 Å². The Balaban J connectivity index is 1.55. The molecule has 0 bridgehead atoms. The smallest absolute Gasteiger partial charge is 0.191 e. The molecule has 0 aromatic rings. The number of nitrogens with zero attached hydrogens (tertiary/aromatic N) is 2. The number of nitrogens with two attached hydrogens (primary N) is 1. The second kappa shape index (κ2) is 6.50. The van der Waals surface area contributed by atoms with E-state index >= 15 is 0 Å². The summed E-state index contributed by atoms with van der Waals surface area (Å²) in [5.41, 5.74) is 6.14. The predicted octanol–water partition coefficient (Wildman–Crippen LogP) is 0.201. The Hall–Kier alpha value is -0.850. The minimum atomic E-state index is -0.261. The van der Waals surface area contributed by atoms with E-state index in [1.54, 1.807) is 0 Å². The number of guanidine groups is 1. The summed E-state index contributed by atoms with van der Waals surface area (Å²) in [4.78, 5) is 6.60. The van der Waals surface area contributed by atoms with E-state index in [4.69, 9.17) is 15.2 Å². The summed E-state index contributed by atoms with van der Waals surface area (Å²) >= 11 is 0. The minimum absolute atomic E-state index is 0.0756. The lowest BCUT2D eigenvalue weighted by Crippen LogP contribution is -2.45. The highest BCUT2D eigenvalue weighted by Gasteiger charge is 2.47. The fourth-order valence-corrected chi connectivity index (χ4v) is 3.90. The summed E-state index contributed by atoms with van der Waals surface area (Å²) in [6, 6.07) is 0. The van der Waals surface area contributed by atoms with Crippen LogP contribution in [0.15, 0.2) is 4.99 Å². The van der Waals surface area contributed by atoms with Crippen molar-refractivity contribution in [2.75, 3.05) is 46.1 Å². The van der Waals surface area contributed by atoms with Gasteiger partial charge in [-0.05, 0) is 25.7 Å². The van der Waals surface area contributed by atoms with Gasteiger partial charge in [-0.25, -0.2) is 0 Å². The normalized spacial score (nSPS) is 33.6. The molecule has 3 N–H and O–H groups in total. The van der Waals surface area contributed by atoms with Crippen molar-refractivity contribution in [3.05, 3.63) is 0 Å². The number of ether oxygens (including phenoxy) is 2. The van der Waals surface area contributed by atoms with Crippen LogP contribution in [0.1, 0.15) is 25.7 Å². The monoisotopic (exact) mass is 297 g/mol. The molecule has 2 saturated heterocycles. The molecule has 1 saturated carbocycles. The molecule has 0 amide bonds. The summed E-state index contributed by atoms with van der Waals surface area (Å²) in [6.07, 6.45) is 3.83. The lowest BCUT2D eigenvalue weighted by atomic mass is 9.76. The van der Waals surface area contributed by atoms with Crippen molar-refractivity contribution in [3.63, 3.8) is 0 Å². The molecule has 6 heteroatoms. The van der Waals surface area contributed by atoms with Crippen LogP contribution in [0.5, 0.6) is 0 Å². The van der Waals surface area contributed by atoms with Gasteiger partial charge in [-0.15, -0.1) is 0 Å². The van der Waals surface area contributed by atoms with Crippen molar-refractivity contribution in [2.45, 2.75) is 31.8 Å².